The molecule has 0 bridgehead atoms. The van der Waals surface area contributed by atoms with Gasteiger partial charge in [0.15, 0.2) is 0 Å². The second kappa shape index (κ2) is 7.15. The second-order valence-corrected chi connectivity index (χ2v) is 3.69. The van der Waals surface area contributed by atoms with E-state index in [-0.39, 0.29) is 18.9 Å². The molecule has 0 amide bonds. The number of alkyl halides is 3. The average molecular weight is 263 g/mol. The molecule has 1 rings (SSSR count). The van der Waals surface area contributed by atoms with E-state index < -0.39 is 12.6 Å². The zero-order valence-electron chi connectivity index (χ0n) is 10.1. The molecule has 0 spiro atoms. The van der Waals surface area contributed by atoms with Crippen LogP contribution < -0.4 is 10.1 Å². The molecular formula is C11H16F3N3O. The molecule has 102 valence electrons. The minimum Gasteiger partial charge on any atom is -0.477 e. The van der Waals surface area contributed by atoms with Gasteiger partial charge in [-0.3, -0.25) is 4.98 Å². The van der Waals surface area contributed by atoms with Crippen molar-refractivity contribution in [2.45, 2.75) is 32.5 Å². The van der Waals surface area contributed by atoms with Gasteiger partial charge in [-0.15, -0.1) is 0 Å². The molecule has 0 saturated carbocycles. The van der Waals surface area contributed by atoms with Gasteiger partial charge in [0.1, 0.15) is 0 Å². The topological polar surface area (TPSA) is 47.0 Å². The molecule has 0 radical (unpaired) electrons. The number of nitrogens with zero attached hydrogens (tertiary/aromatic N) is 2. The summed E-state index contributed by atoms with van der Waals surface area (Å²) in [6.07, 6.45) is -2.10. The third-order valence-electron chi connectivity index (χ3n) is 2.09. The SMILES string of the molecule is CCNCc1cnc(OCCCC(F)(F)F)cn1. The summed E-state index contributed by atoms with van der Waals surface area (Å²) in [7, 11) is 0. The van der Waals surface area contributed by atoms with E-state index in [1.165, 1.54) is 6.20 Å². The first-order valence-electron chi connectivity index (χ1n) is 5.72. The maximum absolute atomic E-state index is 11.9. The highest BCUT2D eigenvalue weighted by Gasteiger charge is 2.26. The smallest absolute Gasteiger partial charge is 0.389 e. The molecule has 7 heteroatoms. The van der Waals surface area contributed by atoms with Crippen LogP contribution in [-0.4, -0.2) is 29.3 Å². The van der Waals surface area contributed by atoms with Crippen LogP contribution in [0.3, 0.4) is 0 Å². The van der Waals surface area contributed by atoms with E-state index >= 15 is 0 Å². The van der Waals surface area contributed by atoms with Crippen molar-refractivity contribution in [2.75, 3.05) is 13.2 Å². The fourth-order valence-corrected chi connectivity index (χ4v) is 1.21. The lowest BCUT2D eigenvalue weighted by atomic mass is 10.3. The molecule has 0 aliphatic carbocycles. The molecule has 0 aliphatic heterocycles. The summed E-state index contributed by atoms with van der Waals surface area (Å²) < 4.78 is 40.7. The maximum atomic E-state index is 11.9. The van der Waals surface area contributed by atoms with Crippen LogP contribution in [0, 0.1) is 0 Å². The minimum absolute atomic E-state index is 0.0131. The summed E-state index contributed by atoms with van der Waals surface area (Å²) in [6.45, 7) is 3.40. The summed E-state index contributed by atoms with van der Waals surface area (Å²) in [4.78, 5) is 8.03. The Morgan fingerprint density at radius 1 is 1.28 bits per heavy atom. The summed E-state index contributed by atoms with van der Waals surface area (Å²) in [5.41, 5.74) is 0.763. The number of hydrogen-bond donors (Lipinski definition) is 1. The van der Waals surface area contributed by atoms with E-state index in [2.05, 4.69) is 15.3 Å². The van der Waals surface area contributed by atoms with Crippen LogP contribution in [0.4, 0.5) is 13.2 Å². The van der Waals surface area contributed by atoms with Crippen LogP contribution >= 0.6 is 0 Å². The van der Waals surface area contributed by atoms with Crippen LogP contribution in [0.2, 0.25) is 0 Å². The quantitative estimate of drug-likeness (QED) is 0.767. The van der Waals surface area contributed by atoms with E-state index in [1.54, 1.807) is 6.20 Å². The third kappa shape index (κ3) is 6.39. The fraction of sp³-hybridized carbons (Fsp3) is 0.636. The number of rotatable bonds is 7. The van der Waals surface area contributed by atoms with Gasteiger partial charge >= 0.3 is 6.18 Å². The van der Waals surface area contributed by atoms with Crippen molar-refractivity contribution in [3.63, 3.8) is 0 Å². The van der Waals surface area contributed by atoms with Gasteiger partial charge < -0.3 is 10.1 Å². The van der Waals surface area contributed by atoms with Crippen molar-refractivity contribution in [1.29, 1.82) is 0 Å². The monoisotopic (exact) mass is 263 g/mol. The molecular weight excluding hydrogens is 247 g/mol. The summed E-state index contributed by atoms with van der Waals surface area (Å²) in [6, 6.07) is 0. The Bertz CT molecular complexity index is 340. The third-order valence-corrected chi connectivity index (χ3v) is 2.09. The lowest BCUT2D eigenvalue weighted by Gasteiger charge is -2.07. The Labute approximate surface area is 104 Å². The fourth-order valence-electron chi connectivity index (χ4n) is 1.21. The van der Waals surface area contributed by atoms with Crippen molar-refractivity contribution >= 4 is 0 Å². The van der Waals surface area contributed by atoms with Gasteiger partial charge in [-0.05, 0) is 13.0 Å². The lowest BCUT2D eigenvalue weighted by molar-refractivity contribution is -0.136. The van der Waals surface area contributed by atoms with Gasteiger partial charge in [0.25, 0.3) is 0 Å². The van der Waals surface area contributed by atoms with E-state index in [4.69, 9.17) is 4.74 Å². The van der Waals surface area contributed by atoms with Gasteiger partial charge in [-0.25, -0.2) is 4.98 Å². The highest BCUT2D eigenvalue weighted by atomic mass is 19.4. The molecule has 0 atom stereocenters. The molecule has 0 aliphatic rings. The van der Waals surface area contributed by atoms with Crippen LogP contribution in [0.1, 0.15) is 25.5 Å². The summed E-state index contributed by atoms with van der Waals surface area (Å²) in [5.74, 6) is 0.248. The summed E-state index contributed by atoms with van der Waals surface area (Å²) >= 11 is 0. The Morgan fingerprint density at radius 3 is 2.61 bits per heavy atom. The van der Waals surface area contributed by atoms with Crippen molar-refractivity contribution in [2.24, 2.45) is 0 Å². The molecule has 0 unspecified atom stereocenters. The Kier molecular flexibility index (Phi) is 5.84. The molecule has 1 aromatic rings. The predicted octanol–water partition coefficient (Wildman–Crippen LogP) is 2.31. The Balaban J connectivity index is 2.26. The number of ether oxygens (including phenoxy) is 1. The number of halogens is 3. The molecule has 0 fully saturated rings. The second-order valence-electron chi connectivity index (χ2n) is 3.69. The van der Waals surface area contributed by atoms with Crippen molar-refractivity contribution in [3.8, 4) is 5.88 Å². The lowest BCUT2D eigenvalue weighted by Crippen LogP contribution is -2.13. The van der Waals surface area contributed by atoms with Gasteiger partial charge in [0.2, 0.25) is 5.88 Å². The van der Waals surface area contributed by atoms with E-state index in [9.17, 15) is 13.2 Å². The zero-order chi connectivity index (χ0) is 13.4. The molecule has 0 aromatic carbocycles. The Morgan fingerprint density at radius 2 is 2.06 bits per heavy atom. The van der Waals surface area contributed by atoms with E-state index in [0.29, 0.717) is 6.54 Å². The van der Waals surface area contributed by atoms with Crippen LogP contribution in [0.25, 0.3) is 0 Å². The van der Waals surface area contributed by atoms with Crippen LogP contribution in [-0.2, 0) is 6.54 Å². The van der Waals surface area contributed by atoms with Gasteiger partial charge in [0, 0.05) is 13.0 Å². The van der Waals surface area contributed by atoms with Gasteiger partial charge in [0.05, 0.1) is 24.7 Å². The Hall–Kier alpha value is -1.37. The first-order valence-corrected chi connectivity index (χ1v) is 5.72. The van der Waals surface area contributed by atoms with Crippen molar-refractivity contribution < 1.29 is 17.9 Å². The first-order chi connectivity index (χ1) is 8.51. The molecule has 0 saturated heterocycles. The minimum atomic E-state index is -4.13. The van der Waals surface area contributed by atoms with Crippen molar-refractivity contribution in [3.05, 3.63) is 18.1 Å². The molecule has 1 N–H and O–H groups in total. The number of hydrogen-bond acceptors (Lipinski definition) is 4. The van der Waals surface area contributed by atoms with Gasteiger partial charge in [-0.1, -0.05) is 6.92 Å². The molecule has 1 heterocycles. The normalized spacial score (nSPS) is 11.6. The highest BCUT2D eigenvalue weighted by Crippen LogP contribution is 2.21. The van der Waals surface area contributed by atoms with Crippen molar-refractivity contribution in [1.82, 2.24) is 15.3 Å². The largest absolute Gasteiger partial charge is 0.477 e. The number of nitrogens with one attached hydrogen (secondary N) is 1. The van der Waals surface area contributed by atoms with Gasteiger partial charge in [-0.2, -0.15) is 13.2 Å². The van der Waals surface area contributed by atoms with Crippen LogP contribution in [0.15, 0.2) is 12.4 Å². The molecule has 18 heavy (non-hydrogen) atoms. The zero-order valence-corrected chi connectivity index (χ0v) is 10.1. The predicted molar refractivity (Wildman–Crippen MR) is 60.2 cm³/mol. The van der Waals surface area contributed by atoms with Crippen LogP contribution in [0.5, 0.6) is 5.88 Å². The molecule has 1 aromatic heterocycles. The number of aromatic nitrogens is 2. The first kappa shape index (κ1) is 14.7. The standard InChI is InChI=1S/C11H16F3N3O/c1-2-15-6-9-7-17-10(8-16-9)18-5-3-4-11(12,13)14/h7-8,15H,2-6H2,1H3. The van der Waals surface area contributed by atoms with E-state index in [1.807, 2.05) is 6.92 Å². The van der Waals surface area contributed by atoms with E-state index in [0.717, 1.165) is 12.2 Å². The highest BCUT2D eigenvalue weighted by molar-refractivity contribution is 5.06. The molecule has 4 nitrogen and oxygen atoms in total. The summed E-state index contributed by atoms with van der Waals surface area (Å²) in [5, 5.41) is 3.08. The average Bonchev–Trinajstić information content (AvgIpc) is 2.32. The maximum Gasteiger partial charge on any atom is 0.389 e.